The molecule has 3 aliphatic heterocycles. The van der Waals surface area contributed by atoms with Crippen LogP contribution >= 0.6 is 11.8 Å². The molecule has 7 nitrogen and oxygen atoms in total. The molecule has 156 valence electrons. The second-order valence-corrected chi connectivity index (χ2v) is 9.18. The molecule has 1 spiro atoms. The minimum absolute atomic E-state index is 0.102. The largest absolute Gasteiger partial charge is 0.383 e. The van der Waals surface area contributed by atoms with Crippen molar-refractivity contribution < 1.29 is 24.4 Å². The van der Waals surface area contributed by atoms with Crippen LogP contribution in [-0.4, -0.2) is 60.9 Å². The third-order valence-electron chi connectivity index (χ3n) is 6.84. The molecule has 8 heteroatoms. The van der Waals surface area contributed by atoms with E-state index in [4.69, 9.17) is 4.74 Å². The molecule has 1 aromatic rings. The Morgan fingerprint density at radius 3 is 2.69 bits per heavy atom. The Hall–Kier alpha value is -1.90. The minimum Gasteiger partial charge on any atom is -0.383 e. The second-order valence-electron chi connectivity index (χ2n) is 8.19. The average molecular weight is 419 g/mol. The third-order valence-corrected chi connectivity index (χ3v) is 7.49. The third kappa shape index (κ3) is 2.76. The number of amides is 3. The molecule has 3 heterocycles. The monoisotopic (exact) mass is 418 g/mol. The van der Waals surface area contributed by atoms with Gasteiger partial charge in [-0.15, -0.1) is 0 Å². The van der Waals surface area contributed by atoms with Crippen molar-refractivity contribution in [3.63, 3.8) is 0 Å². The minimum atomic E-state index is -1.07. The smallest absolute Gasteiger partial charge is 0.291 e. The fourth-order valence-electron chi connectivity index (χ4n) is 5.26. The van der Waals surface area contributed by atoms with Crippen LogP contribution in [0.5, 0.6) is 0 Å². The molecule has 2 fully saturated rings. The number of fused-ring (bicyclic) bond motifs is 4. The van der Waals surface area contributed by atoms with E-state index in [-0.39, 0.29) is 30.3 Å². The molecular weight excluding hydrogens is 390 g/mol. The summed E-state index contributed by atoms with van der Waals surface area (Å²) in [6.07, 6.45) is 2.80. The summed E-state index contributed by atoms with van der Waals surface area (Å²) >= 11 is 1.71. The number of thioether (sulfide) groups is 1. The number of carbonyl (C=O) groups is 3. The normalized spacial score (nSPS) is 30.3. The average Bonchev–Trinajstić information content (AvgIpc) is 3.27. The van der Waals surface area contributed by atoms with E-state index in [1.807, 2.05) is 37.6 Å². The van der Waals surface area contributed by atoms with E-state index in [1.165, 1.54) is 4.90 Å². The van der Waals surface area contributed by atoms with Crippen LogP contribution in [0.15, 0.2) is 12.1 Å². The quantitative estimate of drug-likeness (QED) is 0.653. The van der Waals surface area contributed by atoms with Crippen LogP contribution in [0.1, 0.15) is 23.1 Å². The van der Waals surface area contributed by atoms with Gasteiger partial charge in [-0.05, 0) is 43.0 Å². The van der Waals surface area contributed by atoms with Crippen LogP contribution in [0.3, 0.4) is 0 Å². The number of likely N-dealkylation sites (tertiary alicyclic amines) is 1. The molecule has 4 atom stereocenters. The van der Waals surface area contributed by atoms with E-state index in [1.54, 1.807) is 18.9 Å². The van der Waals surface area contributed by atoms with Gasteiger partial charge < -0.3 is 15.4 Å². The van der Waals surface area contributed by atoms with Gasteiger partial charge in [0.25, 0.3) is 5.91 Å². The van der Waals surface area contributed by atoms with Crippen LogP contribution in [0.25, 0.3) is 0 Å². The molecule has 0 aliphatic carbocycles. The van der Waals surface area contributed by atoms with E-state index in [0.717, 1.165) is 34.6 Å². The number of nitrogens with zero attached hydrogens (tertiary/aromatic N) is 1. The Kier molecular flexibility index (Phi) is 5.21. The van der Waals surface area contributed by atoms with Crippen LogP contribution in [0, 0.1) is 25.7 Å². The van der Waals surface area contributed by atoms with Crippen molar-refractivity contribution in [1.29, 1.82) is 0 Å². The number of aryl methyl sites for hydroxylation is 1. The molecule has 0 radical (unpaired) electrons. The molecule has 3 N–H and O–H groups in total. The van der Waals surface area contributed by atoms with Gasteiger partial charge in [0, 0.05) is 19.1 Å². The summed E-state index contributed by atoms with van der Waals surface area (Å²) in [5, 5.41) is 5.05. The SMILES string of the molecule is COCCN1C(=O)[C@H]2[C@@H](C1=O)[C@]1([NH2+][C@@H]2CCSC)C(=O)Nc2c1ccc(C)c2C. The van der Waals surface area contributed by atoms with Gasteiger partial charge in [-0.1, -0.05) is 6.07 Å². The highest BCUT2D eigenvalue weighted by molar-refractivity contribution is 7.98. The predicted molar refractivity (Wildman–Crippen MR) is 111 cm³/mol. The highest BCUT2D eigenvalue weighted by Crippen LogP contribution is 2.50. The summed E-state index contributed by atoms with van der Waals surface area (Å²) in [5.74, 6) is -0.881. The molecule has 3 amide bonds. The molecule has 29 heavy (non-hydrogen) atoms. The number of nitrogens with one attached hydrogen (secondary N) is 1. The number of rotatable bonds is 6. The highest BCUT2D eigenvalue weighted by Gasteiger charge is 2.74. The van der Waals surface area contributed by atoms with Crippen LogP contribution in [-0.2, 0) is 24.7 Å². The maximum atomic E-state index is 13.4. The van der Waals surface area contributed by atoms with Gasteiger partial charge in [0.1, 0.15) is 17.9 Å². The van der Waals surface area contributed by atoms with Crippen molar-refractivity contribution in [3.8, 4) is 0 Å². The van der Waals surface area contributed by atoms with Crippen molar-refractivity contribution in [3.05, 3.63) is 28.8 Å². The highest BCUT2D eigenvalue weighted by atomic mass is 32.2. The van der Waals surface area contributed by atoms with Crippen LogP contribution in [0.2, 0.25) is 0 Å². The lowest BCUT2D eigenvalue weighted by molar-refractivity contribution is -0.733. The maximum absolute atomic E-state index is 13.4. The van der Waals surface area contributed by atoms with Crippen molar-refractivity contribution in [1.82, 2.24) is 4.90 Å². The van der Waals surface area contributed by atoms with Crippen molar-refractivity contribution in [2.45, 2.75) is 31.8 Å². The first-order valence-electron chi connectivity index (χ1n) is 9.99. The molecule has 2 saturated heterocycles. The first-order valence-corrected chi connectivity index (χ1v) is 11.4. The Balaban J connectivity index is 1.83. The molecule has 0 unspecified atom stereocenters. The first-order chi connectivity index (χ1) is 13.9. The topological polar surface area (TPSA) is 92.3 Å². The number of quaternary nitrogens is 1. The summed E-state index contributed by atoms with van der Waals surface area (Å²) in [6, 6.07) is 3.85. The molecule has 0 saturated carbocycles. The van der Waals surface area contributed by atoms with Gasteiger partial charge in [-0.25, -0.2) is 0 Å². The van der Waals surface area contributed by atoms with Crippen LogP contribution in [0.4, 0.5) is 5.69 Å². The Bertz CT molecular complexity index is 889. The summed E-state index contributed by atoms with van der Waals surface area (Å²) in [6.45, 7) is 4.52. The number of benzene rings is 1. The fraction of sp³-hybridized carbons (Fsp3) is 0.571. The van der Waals surface area contributed by atoms with E-state index < -0.39 is 17.4 Å². The lowest BCUT2D eigenvalue weighted by Crippen LogP contribution is -2.99. The number of hydrogen-bond donors (Lipinski definition) is 2. The lowest BCUT2D eigenvalue weighted by Gasteiger charge is -2.26. The summed E-state index contributed by atoms with van der Waals surface area (Å²) < 4.78 is 5.10. The number of imide groups is 1. The zero-order chi connectivity index (χ0) is 20.9. The summed E-state index contributed by atoms with van der Waals surface area (Å²) in [4.78, 5) is 41.4. The molecule has 3 aliphatic rings. The van der Waals surface area contributed by atoms with Gasteiger partial charge >= 0.3 is 0 Å². The Labute approximate surface area is 174 Å². The van der Waals surface area contributed by atoms with Crippen LogP contribution < -0.4 is 10.6 Å². The van der Waals surface area contributed by atoms with E-state index in [0.29, 0.717) is 6.61 Å². The first kappa shape index (κ1) is 20.4. The summed E-state index contributed by atoms with van der Waals surface area (Å²) in [7, 11) is 1.55. The van der Waals surface area contributed by atoms with E-state index in [9.17, 15) is 14.4 Å². The second kappa shape index (κ2) is 7.41. The molecule has 1 aromatic carbocycles. The zero-order valence-corrected chi connectivity index (χ0v) is 18.1. The van der Waals surface area contributed by atoms with E-state index in [2.05, 4.69) is 5.32 Å². The molecule has 0 bridgehead atoms. The number of methoxy groups -OCH3 is 1. The van der Waals surface area contributed by atoms with Crippen molar-refractivity contribution >= 4 is 35.2 Å². The van der Waals surface area contributed by atoms with Crippen molar-refractivity contribution in [2.75, 3.05) is 37.6 Å². The zero-order valence-electron chi connectivity index (χ0n) is 17.3. The number of carbonyl (C=O) groups excluding carboxylic acids is 3. The lowest BCUT2D eigenvalue weighted by atomic mass is 9.76. The standard InChI is InChI=1S/C21H27N3O4S/c1-11-5-6-13-17(12(11)2)22-20(27)21(13)16-15(14(23-21)7-10-29-4)18(25)24(19(16)26)8-9-28-3/h5-6,14-16,23H,7-10H2,1-4H3,(H,22,27)/p+1/t14-,15-,16+,21+/m1/s1. The van der Waals surface area contributed by atoms with Gasteiger partial charge in [0.2, 0.25) is 17.4 Å². The van der Waals surface area contributed by atoms with Gasteiger partial charge in [0.05, 0.1) is 18.8 Å². The molecular formula is C21H28N3O4S+. The Morgan fingerprint density at radius 1 is 1.24 bits per heavy atom. The van der Waals surface area contributed by atoms with Gasteiger partial charge in [-0.3, -0.25) is 19.3 Å². The predicted octanol–water partition coefficient (Wildman–Crippen LogP) is 0.397. The van der Waals surface area contributed by atoms with Crippen molar-refractivity contribution in [2.24, 2.45) is 11.8 Å². The molecule has 4 rings (SSSR count). The Morgan fingerprint density at radius 2 is 2.00 bits per heavy atom. The fourth-order valence-corrected chi connectivity index (χ4v) is 5.77. The molecule has 0 aromatic heterocycles. The number of anilines is 1. The number of nitrogens with two attached hydrogens (primary N) is 1. The summed E-state index contributed by atoms with van der Waals surface area (Å²) in [5.41, 5.74) is 2.66. The van der Waals surface area contributed by atoms with Gasteiger partial charge in [-0.2, -0.15) is 11.8 Å². The van der Waals surface area contributed by atoms with E-state index >= 15 is 0 Å². The maximum Gasteiger partial charge on any atom is 0.291 e. The number of ether oxygens (including phenoxy) is 1. The van der Waals surface area contributed by atoms with Gasteiger partial charge in [0.15, 0.2) is 0 Å². The number of hydrogen-bond acceptors (Lipinski definition) is 5.